The predicted molar refractivity (Wildman–Crippen MR) is 103 cm³/mol. The van der Waals surface area contributed by atoms with Crippen molar-refractivity contribution >= 4 is 11.7 Å². The molecule has 2 aliphatic heterocycles. The summed E-state index contributed by atoms with van der Waals surface area (Å²) in [5, 5.41) is 0. The third-order valence-corrected chi connectivity index (χ3v) is 5.82. The molecule has 0 radical (unpaired) electrons. The van der Waals surface area contributed by atoms with E-state index in [0.29, 0.717) is 25.0 Å². The Morgan fingerprint density at radius 1 is 1.22 bits per heavy atom. The number of nitrogens with zero attached hydrogens (tertiary/aromatic N) is 6. The Labute approximate surface area is 159 Å². The van der Waals surface area contributed by atoms with Gasteiger partial charge in [-0.15, -0.1) is 0 Å². The molecule has 0 spiro atoms. The van der Waals surface area contributed by atoms with E-state index in [2.05, 4.69) is 43.8 Å². The molecule has 2 aromatic rings. The van der Waals surface area contributed by atoms with E-state index in [0.717, 1.165) is 42.4 Å². The number of aryl methyl sites for hydroxylation is 1. The van der Waals surface area contributed by atoms with Crippen LogP contribution in [0.5, 0.6) is 0 Å². The van der Waals surface area contributed by atoms with Gasteiger partial charge >= 0.3 is 0 Å². The number of H-pyrrole nitrogens is 1. The van der Waals surface area contributed by atoms with Gasteiger partial charge in [-0.3, -0.25) is 4.79 Å². The first-order valence-corrected chi connectivity index (χ1v) is 9.49. The first-order valence-electron chi connectivity index (χ1n) is 9.49. The van der Waals surface area contributed by atoms with Gasteiger partial charge in [0.25, 0.3) is 5.91 Å². The molecule has 2 aliphatic rings. The van der Waals surface area contributed by atoms with Crippen molar-refractivity contribution < 1.29 is 4.79 Å². The van der Waals surface area contributed by atoms with Crippen LogP contribution in [0, 0.1) is 13.8 Å². The van der Waals surface area contributed by atoms with E-state index in [1.54, 1.807) is 11.1 Å². The minimum Gasteiger partial charge on any atom is -0.355 e. The van der Waals surface area contributed by atoms with Crippen LogP contribution in [-0.4, -0.2) is 82.0 Å². The Balaban J connectivity index is 1.50. The number of aromatic nitrogens is 4. The van der Waals surface area contributed by atoms with Crippen LogP contribution in [0.3, 0.4) is 0 Å². The average Bonchev–Trinajstić information content (AvgIpc) is 3.27. The maximum Gasteiger partial charge on any atom is 0.291 e. The highest BCUT2D eigenvalue weighted by Gasteiger charge is 2.36. The lowest BCUT2D eigenvalue weighted by atomic mass is 9.99. The molecule has 0 bridgehead atoms. The number of likely N-dealkylation sites (N-methyl/N-ethyl adjacent to an activating group) is 1. The second-order valence-electron chi connectivity index (χ2n) is 7.81. The summed E-state index contributed by atoms with van der Waals surface area (Å²) in [6.07, 6.45) is 4.67. The van der Waals surface area contributed by atoms with Crippen molar-refractivity contribution in [3.8, 4) is 0 Å². The molecule has 0 aliphatic carbocycles. The zero-order chi connectivity index (χ0) is 19.1. The molecule has 0 saturated carbocycles. The van der Waals surface area contributed by atoms with Crippen molar-refractivity contribution in [3.05, 3.63) is 35.3 Å². The standard InChI is InChI=1S/C19H27N7O/c1-12-13(2)22-17(23-18(12)25-8-5-15(11-25)24(3)4)19(27)26-9-14(10-26)16-20-6-7-21-16/h6-7,14-15H,5,8-11H2,1-4H3,(H,20,21)/t15-/m1/s1. The number of nitrogens with one attached hydrogen (secondary N) is 1. The van der Waals surface area contributed by atoms with E-state index in [-0.39, 0.29) is 11.8 Å². The molecule has 4 rings (SSSR count). The second kappa shape index (κ2) is 6.92. The van der Waals surface area contributed by atoms with Crippen LogP contribution in [0.1, 0.15) is 40.0 Å². The van der Waals surface area contributed by atoms with Crippen LogP contribution in [0.15, 0.2) is 12.4 Å². The van der Waals surface area contributed by atoms with E-state index < -0.39 is 0 Å². The van der Waals surface area contributed by atoms with Crippen LogP contribution in [0.25, 0.3) is 0 Å². The quantitative estimate of drug-likeness (QED) is 0.872. The number of hydrogen-bond acceptors (Lipinski definition) is 6. The zero-order valence-electron chi connectivity index (χ0n) is 16.4. The maximum atomic E-state index is 12.9. The molecule has 2 aromatic heterocycles. The van der Waals surface area contributed by atoms with Crippen LogP contribution in [0.2, 0.25) is 0 Å². The predicted octanol–water partition coefficient (Wildman–Crippen LogP) is 1.20. The topological polar surface area (TPSA) is 81.2 Å². The minimum atomic E-state index is -0.0921. The summed E-state index contributed by atoms with van der Waals surface area (Å²) >= 11 is 0. The number of anilines is 1. The Morgan fingerprint density at radius 2 is 2.00 bits per heavy atom. The Bertz CT molecular complexity index is 827. The van der Waals surface area contributed by atoms with Crippen LogP contribution in [0.4, 0.5) is 5.82 Å². The fourth-order valence-electron chi connectivity index (χ4n) is 3.83. The summed E-state index contributed by atoms with van der Waals surface area (Å²) in [7, 11) is 4.22. The molecule has 8 nitrogen and oxygen atoms in total. The van der Waals surface area contributed by atoms with Gasteiger partial charge in [0.15, 0.2) is 0 Å². The molecule has 1 amide bonds. The van der Waals surface area contributed by atoms with Crippen molar-refractivity contribution in [2.45, 2.75) is 32.2 Å². The minimum absolute atomic E-state index is 0.0921. The van der Waals surface area contributed by atoms with E-state index in [1.807, 2.05) is 20.0 Å². The summed E-state index contributed by atoms with van der Waals surface area (Å²) in [6.45, 7) is 7.20. The third kappa shape index (κ3) is 3.29. The molecule has 144 valence electrons. The normalized spacial score (nSPS) is 20.4. The molecule has 27 heavy (non-hydrogen) atoms. The number of amides is 1. The largest absolute Gasteiger partial charge is 0.355 e. The lowest BCUT2D eigenvalue weighted by molar-refractivity contribution is 0.0582. The summed E-state index contributed by atoms with van der Waals surface area (Å²) in [6, 6.07) is 0.517. The number of carbonyl (C=O) groups excluding carboxylic acids is 1. The van der Waals surface area contributed by atoms with Gasteiger partial charge < -0.3 is 19.7 Å². The molecule has 8 heteroatoms. The highest BCUT2D eigenvalue weighted by molar-refractivity contribution is 5.91. The van der Waals surface area contributed by atoms with Gasteiger partial charge in [0.1, 0.15) is 11.6 Å². The average molecular weight is 369 g/mol. The Kier molecular flexibility index (Phi) is 4.59. The number of rotatable bonds is 4. The first-order chi connectivity index (χ1) is 12.9. The van der Waals surface area contributed by atoms with Gasteiger partial charge in [0.2, 0.25) is 5.82 Å². The van der Waals surface area contributed by atoms with Crippen molar-refractivity contribution in [2.24, 2.45) is 0 Å². The highest BCUT2D eigenvalue weighted by Crippen LogP contribution is 2.28. The zero-order valence-corrected chi connectivity index (χ0v) is 16.4. The molecule has 2 saturated heterocycles. The molecular formula is C19H27N7O. The van der Waals surface area contributed by atoms with Crippen LogP contribution in [-0.2, 0) is 0 Å². The van der Waals surface area contributed by atoms with Crippen LogP contribution >= 0.6 is 0 Å². The lowest BCUT2D eigenvalue weighted by Gasteiger charge is -2.37. The number of likely N-dealkylation sites (tertiary alicyclic amines) is 1. The fourth-order valence-corrected chi connectivity index (χ4v) is 3.83. The summed E-state index contributed by atoms with van der Waals surface area (Å²) < 4.78 is 0. The van der Waals surface area contributed by atoms with Crippen molar-refractivity contribution in [1.29, 1.82) is 0 Å². The first kappa shape index (κ1) is 17.9. The monoisotopic (exact) mass is 369 g/mol. The summed E-state index contributed by atoms with van der Waals surface area (Å²) in [5.74, 6) is 2.32. The summed E-state index contributed by atoms with van der Waals surface area (Å²) in [5.41, 5.74) is 1.93. The Hall–Kier alpha value is -2.48. The molecule has 1 N–H and O–H groups in total. The number of carbonyl (C=O) groups is 1. The van der Waals surface area contributed by atoms with E-state index in [4.69, 9.17) is 0 Å². The van der Waals surface area contributed by atoms with Gasteiger partial charge in [-0.2, -0.15) is 0 Å². The fraction of sp³-hybridized carbons (Fsp3) is 0.579. The van der Waals surface area contributed by atoms with E-state index in [9.17, 15) is 4.79 Å². The van der Waals surface area contributed by atoms with Crippen LogP contribution < -0.4 is 4.90 Å². The highest BCUT2D eigenvalue weighted by atomic mass is 16.2. The number of imidazole rings is 1. The van der Waals surface area contributed by atoms with Crippen molar-refractivity contribution in [3.63, 3.8) is 0 Å². The Morgan fingerprint density at radius 3 is 2.63 bits per heavy atom. The smallest absolute Gasteiger partial charge is 0.291 e. The maximum absolute atomic E-state index is 12.9. The van der Waals surface area contributed by atoms with Gasteiger partial charge in [0.05, 0.1) is 5.92 Å². The summed E-state index contributed by atoms with van der Waals surface area (Å²) in [4.78, 5) is 35.8. The lowest BCUT2D eigenvalue weighted by Crippen LogP contribution is -2.49. The second-order valence-corrected chi connectivity index (χ2v) is 7.81. The van der Waals surface area contributed by atoms with E-state index >= 15 is 0 Å². The molecule has 0 aromatic carbocycles. The molecule has 4 heterocycles. The van der Waals surface area contributed by atoms with E-state index in [1.165, 1.54) is 0 Å². The van der Waals surface area contributed by atoms with Gasteiger partial charge in [-0.25, -0.2) is 15.0 Å². The molecule has 1 atom stereocenters. The SMILES string of the molecule is Cc1nc(C(=O)N2CC(c3ncc[nH]3)C2)nc(N2CC[C@@H](N(C)C)C2)c1C. The van der Waals surface area contributed by atoms with Crippen molar-refractivity contribution in [2.75, 3.05) is 45.2 Å². The van der Waals surface area contributed by atoms with Crippen molar-refractivity contribution in [1.82, 2.24) is 29.7 Å². The van der Waals surface area contributed by atoms with Gasteiger partial charge in [-0.05, 0) is 34.4 Å². The third-order valence-electron chi connectivity index (χ3n) is 5.82. The number of hydrogen-bond donors (Lipinski definition) is 1. The molecule has 0 unspecified atom stereocenters. The molecular weight excluding hydrogens is 342 g/mol. The number of aromatic amines is 1. The molecule has 2 fully saturated rings. The van der Waals surface area contributed by atoms with Gasteiger partial charge in [0, 0.05) is 55.9 Å². The van der Waals surface area contributed by atoms with Gasteiger partial charge in [-0.1, -0.05) is 0 Å².